The summed E-state index contributed by atoms with van der Waals surface area (Å²) in [6.45, 7) is 7.50. The highest BCUT2D eigenvalue weighted by atomic mass is 127. The lowest BCUT2D eigenvalue weighted by Gasteiger charge is -2.34. The van der Waals surface area contributed by atoms with Crippen molar-refractivity contribution in [2.24, 2.45) is 4.99 Å². The number of nitrogens with one attached hydrogen (secondary N) is 2. The van der Waals surface area contributed by atoms with Gasteiger partial charge in [-0.3, -0.25) is 4.99 Å². The monoisotopic (exact) mass is 537 g/mol. The normalized spacial score (nSPS) is 18.3. The lowest BCUT2D eigenvalue weighted by Crippen LogP contribution is -2.49. The summed E-state index contributed by atoms with van der Waals surface area (Å²) in [5.41, 5.74) is 1.73. The van der Waals surface area contributed by atoms with E-state index in [1.165, 1.54) is 0 Å². The van der Waals surface area contributed by atoms with Crippen LogP contribution in [0.5, 0.6) is 0 Å². The smallest absolute Gasteiger partial charge is 0.191 e. The van der Waals surface area contributed by atoms with Crippen LogP contribution in [0.25, 0.3) is 0 Å². The minimum Gasteiger partial charge on any atom is -0.357 e. The van der Waals surface area contributed by atoms with Gasteiger partial charge >= 0.3 is 0 Å². The number of aliphatic imine (C=N–C) groups is 1. The molecule has 31 heavy (non-hydrogen) atoms. The van der Waals surface area contributed by atoms with Gasteiger partial charge in [0.25, 0.3) is 0 Å². The fourth-order valence-corrected chi connectivity index (χ4v) is 4.26. The number of rotatable bonds is 6. The molecule has 4 rings (SSSR count). The van der Waals surface area contributed by atoms with E-state index in [1.54, 1.807) is 12.1 Å². The second kappa shape index (κ2) is 10.6. The fraction of sp³-hybridized carbons (Fsp3) is 0.500. The van der Waals surface area contributed by atoms with E-state index < -0.39 is 0 Å². The summed E-state index contributed by atoms with van der Waals surface area (Å²) in [4.78, 5) is 11.9. The molecule has 2 aliphatic rings. The van der Waals surface area contributed by atoms with Crippen LogP contribution in [-0.4, -0.2) is 43.2 Å². The van der Waals surface area contributed by atoms with Gasteiger partial charge in [0, 0.05) is 36.8 Å². The van der Waals surface area contributed by atoms with Crippen LogP contribution in [0.4, 0.5) is 10.2 Å². The Balaban J connectivity index is 0.00000272. The lowest BCUT2D eigenvalue weighted by molar-refractivity contribution is 0.459. The molecule has 168 valence electrons. The molecule has 0 spiro atoms. The van der Waals surface area contributed by atoms with E-state index in [-0.39, 0.29) is 35.2 Å². The zero-order chi connectivity index (χ0) is 21.0. The molecule has 2 N–H and O–H groups in total. The van der Waals surface area contributed by atoms with Gasteiger partial charge in [-0.2, -0.15) is 0 Å². The minimum atomic E-state index is -0.131. The predicted molar refractivity (Wildman–Crippen MR) is 136 cm³/mol. The number of pyridine rings is 1. The first-order chi connectivity index (χ1) is 14.6. The Labute approximate surface area is 202 Å². The van der Waals surface area contributed by atoms with Crippen LogP contribution in [0.1, 0.15) is 43.9 Å². The highest BCUT2D eigenvalue weighted by Gasteiger charge is 2.45. The van der Waals surface area contributed by atoms with Gasteiger partial charge in [0.15, 0.2) is 5.96 Å². The minimum absolute atomic E-state index is 0. The fourth-order valence-electron chi connectivity index (χ4n) is 4.26. The molecule has 0 amide bonds. The first-order valence-corrected chi connectivity index (χ1v) is 11.1. The summed E-state index contributed by atoms with van der Waals surface area (Å²) in [5.74, 6) is 1.79. The first-order valence-electron chi connectivity index (χ1n) is 11.1. The molecule has 1 aromatic heterocycles. The van der Waals surface area contributed by atoms with E-state index >= 15 is 0 Å². The molecule has 5 nitrogen and oxygen atoms in total. The van der Waals surface area contributed by atoms with Crippen LogP contribution in [0.3, 0.4) is 0 Å². The van der Waals surface area contributed by atoms with Crippen molar-refractivity contribution >= 4 is 35.8 Å². The van der Waals surface area contributed by atoms with Crippen molar-refractivity contribution in [1.29, 1.82) is 0 Å². The molecule has 2 aromatic rings. The van der Waals surface area contributed by atoms with Gasteiger partial charge in [-0.05, 0) is 63.3 Å². The molecule has 0 bridgehead atoms. The van der Waals surface area contributed by atoms with Gasteiger partial charge < -0.3 is 15.5 Å². The Morgan fingerprint density at radius 1 is 1.16 bits per heavy atom. The number of piperidine rings is 1. The summed E-state index contributed by atoms with van der Waals surface area (Å²) in [5, 5.41) is 6.97. The summed E-state index contributed by atoms with van der Waals surface area (Å²) < 4.78 is 14.3. The lowest BCUT2D eigenvalue weighted by atomic mass is 9.95. The van der Waals surface area contributed by atoms with Crippen LogP contribution in [0.2, 0.25) is 0 Å². The van der Waals surface area contributed by atoms with Crippen LogP contribution in [-0.2, 0) is 5.41 Å². The van der Waals surface area contributed by atoms with Crippen molar-refractivity contribution < 1.29 is 4.39 Å². The highest BCUT2D eigenvalue weighted by molar-refractivity contribution is 14.0. The van der Waals surface area contributed by atoms with E-state index in [9.17, 15) is 4.39 Å². The predicted octanol–water partition coefficient (Wildman–Crippen LogP) is 4.40. The second-order valence-electron chi connectivity index (χ2n) is 8.50. The van der Waals surface area contributed by atoms with Crippen LogP contribution >= 0.6 is 24.0 Å². The Kier molecular flexibility index (Phi) is 8.13. The van der Waals surface area contributed by atoms with E-state index in [1.807, 2.05) is 25.1 Å². The first kappa shape index (κ1) is 23.8. The van der Waals surface area contributed by atoms with E-state index in [2.05, 4.69) is 39.6 Å². The number of aromatic nitrogens is 1. The van der Waals surface area contributed by atoms with E-state index in [4.69, 9.17) is 4.99 Å². The van der Waals surface area contributed by atoms with Crippen molar-refractivity contribution in [1.82, 2.24) is 15.6 Å². The van der Waals surface area contributed by atoms with Crippen molar-refractivity contribution in [2.45, 2.75) is 51.0 Å². The number of halogens is 2. The van der Waals surface area contributed by atoms with Crippen LogP contribution in [0.15, 0.2) is 47.5 Å². The Morgan fingerprint density at radius 3 is 2.55 bits per heavy atom. The highest BCUT2D eigenvalue weighted by Crippen LogP contribution is 2.49. The molecule has 7 heteroatoms. The molecule has 1 aromatic carbocycles. The summed E-state index contributed by atoms with van der Waals surface area (Å²) in [6.07, 6.45) is 4.08. The molecule has 1 aliphatic carbocycles. The van der Waals surface area contributed by atoms with Crippen molar-refractivity contribution in [3.8, 4) is 0 Å². The Bertz CT molecular complexity index is 891. The second-order valence-corrected chi connectivity index (χ2v) is 8.50. The largest absolute Gasteiger partial charge is 0.357 e. The molecule has 2 heterocycles. The Hall–Kier alpha value is -1.90. The average Bonchev–Trinajstić information content (AvgIpc) is 3.54. The van der Waals surface area contributed by atoms with Gasteiger partial charge in [0.1, 0.15) is 11.6 Å². The van der Waals surface area contributed by atoms with E-state index in [0.29, 0.717) is 12.6 Å². The zero-order valence-corrected chi connectivity index (χ0v) is 20.7. The van der Waals surface area contributed by atoms with Crippen molar-refractivity contribution in [3.05, 3.63) is 59.5 Å². The number of benzene rings is 1. The number of hydrogen-bond donors (Lipinski definition) is 2. The quantitative estimate of drug-likeness (QED) is 0.326. The number of aryl methyl sites for hydroxylation is 1. The third kappa shape index (κ3) is 5.87. The topological polar surface area (TPSA) is 52.6 Å². The molecule has 1 saturated heterocycles. The Morgan fingerprint density at radius 2 is 1.90 bits per heavy atom. The molecule has 0 atom stereocenters. The van der Waals surface area contributed by atoms with Gasteiger partial charge in [0.2, 0.25) is 0 Å². The molecule has 1 saturated carbocycles. The molecular weight excluding hydrogens is 504 g/mol. The number of nitrogens with zero attached hydrogens (tertiary/aromatic N) is 3. The van der Waals surface area contributed by atoms with Gasteiger partial charge in [-0.15, -0.1) is 24.0 Å². The summed E-state index contributed by atoms with van der Waals surface area (Å²) >= 11 is 0. The molecule has 0 unspecified atom stereocenters. The van der Waals surface area contributed by atoms with Gasteiger partial charge in [-0.25, -0.2) is 9.37 Å². The SMILES string of the molecule is CCNC(=NCC1(c2ccccc2F)CC1)NC1CCN(c2cccc(C)n2)CC1.I. The van der Waals surface area contributed by atoms with Crippen LogP contribution < -0.4 is 15.5 Å². The van der Waals surface area contributed by atoms with Crippen molar-refractivity contribution in [2.75, 3.05) is 31.1 Å². The van der Waals surface area contributed by atoms with E-state index in [0.717, 1.165) is 68.4 Å². The summed E-state index contributed by atoms with van der Waals surface area (Å²) in [7, 11) is 0. The summed E-state index contributed by atoms with van der Waals surface area (Å²) in [6, 6.07) is 13.7. The number of guanidine groups is 1. The molecule has 2 fully saturated rings. The third-order valence-electron chi connectivity index (χ3n) is 6.22. The third-order valence-corrected chi connectivity index (χ3v) is 6.22. The van der Waals surface area contributed by atoms with Gasteiger partial charge in [0.05, 0.1) is 6.54 Å². The molecule has 0 radical (unpaired) electrons. The molecular formula is C24H33FIN5. The maximum absolute atomic E-state index is 14.3. The standard InChI is InChI=1S/C24H32FN5.HI/c1-3-26-23(27-17-24(13-14-24)20-8-4-5-9-21(20)25)29-19-11-15-30(16-12-19)22-10-6-7-18(2)28-22;/h4-10,19H,3,11-17H2,1-2H3,(H2,26,27,29);1H. The maximum atomic E-state index is 14.3. The number of hydrogen-bond acceptors (Lipinski definition) is 3. The maximum Gasteiger partial charge on any atom is 0.191 e. The van der Waals surface area contributed by atoms with Crippen LogP contribution in [0, 0.1) is 12.7 Å². The zero-order valence-electron chi connectivity index (χ0n) is 18.4. The van der Waals surface area contributed by atoms with Crippen molar-refractivity contribution in [3.63, 3.8) is 0 Å². The number of anilines is 1. The van der Waals surface area contributed by atoms with Gasteiger partial charge in [-0.1, -0.05) is 24.3 Å². The molecule has 1 aliphatic heterocycles. The average molecular weight is 537 g/mol.